The molecule has 0 aliphatic rings. The second kappa shape index (κ2) is 4.28. The van der Waals surface area contributed by atoms with Crippen LogP contribution in [0.1, 0.15) is 5.69 Å². The summed E-state index contributed by atoms with van der Waals surface area (Å²) in [5.41, 5.74) is 9.84. The molecule has 0 aliphatic heterocycles. The van der Waals surface area contributed by atoms with Gasteiger partial charge in [0.1, 0.15) is 11.5 Å². The van der Waals surface area contributed by atoms with E-state index in [4.69, 9.17) is 5.73 Å². The SMILES string of the molecule is Cc1[nH]c2ncccc2c1-c1nccc2c(N)nccc12. The van der Waals surface area contributed by atoms with Crippen LogP contribution in [0, 0.1) is 6.92 Å². The van der Waals surface area contributed by atoms with E-state index in [9.17, 15) is 0 Å². The van der Waals surface area contributed by atoms with Gasteiger partial charge in [0, 0.05) is 46.0 Å². The molecule has 0 bridgehead atoms. The Morgan fingerprint density at radius 3 is 2.62 bits per heavy atom. The average Bonchev–Trinajstić information content (AvgIpc) is 2.83. The number of H-pyrrole nitrogens is 1. The van der Waals surface area contributed by atoms with Crippen LogP contribution < -0.4 is 5.73 Å². The van der Waals surface area contributed by atoms with Gasteiger partial charge in [-0.2, -0.15) is 0 Å². The lowest BCUT2D eigenvalue weighted by Crippen LogP contribution is -1.94. The molecule has 4 heterocycles. The highest BCUT2D eigenvalue weighted by molar-refractivity contribution is 6.05. The third kappa shape index (κ3) is 1.67. The number of nitrogens with one attached hydrogen (secondary N) is 1. The van der Waals surface area contributed by atoms with Crippen LogP contribution in [0.5, 0.6) is 0 Å². The summed E-state index contributed by atoms with van der Waals surface area (Å²) in [6.45, 7) is 2.03. The molecule has 0 fully saturated rings. The van der Waals surface area contributed by atoms with E-state index >= 15 is 0 Å². The van der Waals surface area contributed by atoms with Gasteiger partial charge in [-0.15, -0.1) is 0 Å². The number of rotatable bonds is 1. The van der Waals surface area contributed by atoms with Crippen LogP contribution in [-0.4, -0.2) is 19.9 Å². The third-order valence-corrected chi connectivity index (χ3v) is 3.72. The van der Waals surface area contributed by atoms with Crippen LogP contribution in [0.4, 0.5) is 5.82 Å². The summed E-state index contributed by atoms with van der Waals surface area (Å²) in [6, 6.07) is 7.82. The fraction of sp³-hybridized carbons (Fsp3) is 0.0625. The van der Waals surface area contributed by atoms with E-state index in [0.29, 0.717) is 5.82 Å². The van der Waals surface area contributed by atoms with Gasteiger partial charge in [0.2, 0.25) is 0 Å². The number of aromatic amines is 1. The number of hydrogen-bond donors (Lipinski definition) is 2. The Labute approximate surface area is 120 Å². The first-order valence-electron chi connectivity index (χ1n) is 6.68. The number of hydrogen-bond acceptors (Lipinski definition) is 4. The van der Waals surface area contributed by atoms with Crippen molar-refractivity contribution < 1.29 is 0 Å². The zero-order valence-corrected chi connectivity index (χ0v) is 11.5. The number of anilines is 1. The van der Waals surface area contributed by atoms with Crippen molar-refractivity contribution in [2.24, 2.45) is 0 Å². The van der Waals surface area contributed by atoms with Gasteiger partial charge in [-0.3, -0.25) is 4.98 Å². The first kappa shape index (κ1) is 11.8. The predicted molar refractivity (Wildman–Crippen MR) is 83.8 cm³/mol. The van der Waals surface area contributed by atoms with Crippen LogP contribution in [-0.2, 0) is 0 Å². The van der Waals surface area contributed by atoms with Crippen LogP contribution in [0.25, 0.3) is 33.1 Å². The molecule has 4 rings (SSSR count). The van der Waals surface area contributed by atoms with E-state index in [2.05, 4.69) is 19.9 Å². The molecule has 0 aromatic carbocycles. The van der Waals surface area contributed by atoms with Crippen molar-refractivity contribution in [1.29, 1.82) is 0 Å². The van der Waals surface area contributed by atoms with E-state index < -0.39 is 0 Å². The molecule has 0 spiro atoms. The third-order valence-electron chi connectivity index (χ3n) is 3.72. The minimum absolute atomic E-state index is 0.520. The molecule has 0 aliphatic carbocycles. The first-order valence-corrected chi connectivity index (χ1v) is 6.68. The Balaban J connectivity index is 2.14. The highest BCUT2D eigenvalue weighted by Gasteiger charge is 2.15. The number of nitrogen functional groups attached to an aromatic ring is 1. The second-order valence-corrected chi connectivity index (χ2v) is 4.98. The molecule has 102 valence electrons. The number of aryl methyl sites for hydroxylation is 1. The van der Waals surface area contributed by atoms with Crippen molar-refractivity contribution in [3.05, 3.63) is 48.5 Å². The van der Waals surface area contributed by atoms with Crippen LogP contribution >= 0.6 is 0 Å². The lowest BCUT2D eigenvalue weighted by atomic mass is 10.0. The molecule has 0 saturated carbocycles. The summed E-state index contributed by atoms with van der Waals surface area (Å²) in [7, 11) is 0. The fourth-order valence-corrected chi connectivity index (χ4v) is 2.78. The van der Waals surface area contributed by atoms with Gasteiger partial charge in [-0.05, 0) is 31.2 Å². The van der Waals surface area contributed by atoms with Crippen LogP contribution in [0.2, 0.25) is 0 Å². The van der Waals surface area contributed by atoms with Crippen LogP contribution in [0.15, 0.2) is 42.9 Å². The van der Waals surface area contributed by atoms with Crippen LogP contribution in [0.3, 0.4) is 0 Å². The summed E-state index contributed by atoms with van der Waals surface area (Å²) in [5.74, 6) is 0.520. The number of fused-ring (bicyclic) bond motifs is 2. The molecular weight excluding hydrogens is 262 g/mol. The van der Waals surface area contributed by atoms with Gasteiger partial charge in [-0.25, -0.2) is 9.97 Å². The molecule has 4 aromatic heterocycles. The topological polar surface area (TPSA) is 80.5 Å². The Bertz CT molecular complexity index is 971. The summed E-state index contributed by atoms with van der Waals surface area (Å²) >= 11 is 0. The number of nitrogens with two attached hydrogens (primary N) is 1. The molecule has 3 N–H and O–H groups in total. The van der Waals surface area contributed by atoms with Crippen molar-refractivity contribution in [2.75, 3.05) is 5.73 Å². The minimum Gasteiger partial charge on any atom is -0.383 e. The molecule has 4 aromatic rings. The fourth-order valence-electron chi connectivity index (χ4n) is 2.78. The normalized spacial score (nSPS) is 11.3. The molecule has 0 unspecified atom stereocenters. The predicted octanol–water partition coefficient (Wildman–Crippen LogP) is 3.06. The maximum atomic E-state index is 5.97. The number of pyridine rings is 3. The Hall–Kier alpha value is -2.95. The van der Waals surface area contributed by atoms with Crippen molar-refractivity contribution in [2.45, 2.75) is 6.92 Å². The molecule has 21 heavy (non-hydrogen) atoms. The van der Waals surface area contributed by atoms with Crippen molar-refractivity contribution >= 4 is 27.6 Å². The Kier molecular flexibility index (Phi) is 2.41. The van der Waals surface area contributed by atoms with Crippen molar-refractivity contribution in [3.63, 3.8) is 0 Å². The number of aromatic nitrogens is 4. The average molecular weight is 275 g/mol. The monoisotopic (exact) mass is 275 g/mol. The smallest absolute Gasteiger partial charge is 0.138 e. The van der Waals surface area contributed by atoms with Gasteiger partial charge in [0.05, 0.1) is 5.69 Å². The van der Waals surface area contributed by atoms with Crippen molar-refractivity contribution in [1.82, 2.24) is 19.9 Å². The molecule has 0 saturated heterocycles. The van der Waals surface area contributed by atoms with Gasteiger partial charge in [0.15, 0.2) is 0 Å². The van der Waals surface area contributed by atoms with Gasteiger partial charge in [0.25, 0.3) is 0 Å². The molecule has 0 atom stereocenters. The van der Waals surface area contributed by atoms with E-state index in [1.165, 1.54) is 0 Å². The summed E-state index contributed by atoms with van der Waals surface area (Å²) in [4.78, 5) is 16.4. The highest BCUT2D eigenvalue weighted by Crippen LogP contribution is 2.34. The van der Waals surface area contributed by atoms with E-state index in [-0.39, 0.29) is 0 Å². The lowest BCUT2D eigenvalue weighted by molar-refractivity contribution is 1.24. The quantitative estimate of drug-likeness (QED) is 0.559. The van der Waals surface area contributed by atoms with Crippen molar-refractivity contribution in [3.8, 4) is 11.3 Å². The molecular formula is C16H13N5. The molecule has 5 nitrogen and oxygen atoms in total. The zero-order chi connectivity index (χ0) is 14.4. The highest BCUT2D eigenvalue weighted by atomic mass is 14.9. The second-order valence-electron chi connectivity index (χ2n) is 4.98. The van der Waals surface area contributed by atoms with E-state index in [1.807, 2.05) is 31.2 Å². The zero-order valence-electron chi connectivity index (χ0n) is 11.5. The summed E-state index contributed by atoms with van der Waals surface area (Å²) in [5, 5.41) is 2.98. The summed E-state index contributed by atoms with van der Waals surface area (Å²) < 4.78 is 0. The van der Waals surface area contributed by atoms with Gasteiger partial charge < -0.3 is 10.7 Å². The maximum absolute atomic E-state index is 5.97. The molecule has 0 amide bonds. The van der Waals surface area contributed by atoms with E-state index in [0.717, 1.165) is 38.8 Å². The van der Waals surface area contributed by atoms with E-state index in [1.54, 1.807) is 18.6 Å². The molecule has 0 radical (unpaired) electrons. The first-order chi connectivity index (χ1) is 10.3. The standard InChI is InChI=1S/C16H13N5/c1-9-13(12-3-2-6-20-16(12)21-9)14-10-4-8-19-15(17)11(10)5-7-18-14/h2-8H,1H3,(H2,17,19)(H,20,21). The van der Waals surface area contributed by atoms with Gasteiger partial charge >= 0.3 is 0 Å². The molecule has 5 heteroatoms. The summed E-state index contributed by atoms with van der Waals surface area (Å²) in [6.07, 6.45) is 5.26. The Morgan fingerprint density at radius 1 is 0.905 bits per heavy atom. The largest absolute Gasteiger partial charge is 0.383 e. The maximum Gasteiger partial charge on any atom is 0.138 e. The number of nitrogens with zero attached hydrogens (tertiary/aromatic N) is 3. The van der Waals surface area contributed by atoms with Gasteiger partial charge in [-0.1, -0.05) is 0 Å². The Morgan fingerprint density at radius 2 is 1.71 bits per heavy atom. The minimum atomic E-state index is 0.520. The lowest BCUT2D eigenvalue weighted by Gasteiger charge is -2.07.